The van der Waals surface area contributed by atoms with E-state index in [-0.39, 0.29) is 28.8 Å². The number of rotatable bonds is 7. The average molecular weight is 371 g/mol. The summed E-state index contributed by atoms with van der Waals surface area (Å²) in [6.45, 7) is 0.911. The molecule has 2 aromatic rings. The standard InChI is InChI=1S/C15H16ClFN4O4/c1-8-2-3-12(11(17)4-8)18-14-10(5-13(16)19-20-14)15(24)21-25-7-9(23)6-22/h2-5,9,22-23H,6-7H2,1H3,(H,18,20)(H,21,24)/t9-/m1/s1. The minimum atomic E-state index is -1.14. The monoisotopic (exact) mass is 370 g/mol. The minimum absolute atomic E-state index is 0.0315. The number of aromatic nitrogens is 2. The summed E-state index contributed by atoms with van der Waals surface area (Å²) in [4.78, 5) is 17.0. The zero-order chi connectivity index (χ0) is 18.4. The Hall–Kier alpha value is -2.33. The Bertz CT molecular complexity index is 762. The summed E-state index contributed by atoms with van der Waals surface area (Å²) >= 11 is 5.75. The Labute approximate surface area is 147 Å². The van der Waals surface area contributed by atoms with Crippen molar-refractivity contribution < 1.29 is 24.2 Å². The van der Waals surface area contributed by atoms with E-state index in [1.807, 2.05) is 0 Å². The first kappa shape index (κ1) is 19.0. The average Bonchev–Trinajstić information content (AvgIpc) is 2.58. The van der Waals surface area contributed by atoms with Crippen LogP contribution in [-0.4, -0.2) is 45.6 Å². The molecule has 1 heterocycles. The summed E-state index contributed by atoms with van der Waals surface area (Å²) in [5.74, 6) is -1.29. The number of nitrogens with one attached hydrogen (secondary N) is 2. The second kappa shape index (κ2) is 8.67. The highest BCUT2D eigenvalue weighted by atomic mass is 35.5. The number of aryl methyl sites for hydroxylation is 1. The number of hydroxylamine groups is 1. The summed E-state index contributed by atoms with van der Waals surface area (Å²) in [6.07, 6.45) is -1.14. The lowest BCUT2D eigenvalue weighted by atomic mass is 10.2. The highest BCUT2D eigenvalue weighted by Gasteiger charge is 2.17. The fourth-order valence-electron chi connectivity index (χ4n) is 1.79. The van der Waals surface area contributed by atoms with Gasteiger partial charge in [0, 0.05) is 0 Å². The van der Waals surface area contributed by atoms with Gasteiger partial charge in [-0.2, -0.15) is 0 Å². The number of anilines is 2. The molecule has 0 radical (unpaired) electrons. The number of hydrogen-bond acceptors (Lipinski definition) is 7. The van der Waals surface area contributed by atoms with Crippen LogP contribution >= 0.6 is 11.6 Å². The molecule has 25 heavy (non-hydrogen) atoms. The molecule has 0 bridgehead atoms. The molecule has 0 aliphatic carbocycles. The van der Waals surface area contributed by atoms with Gasteiger partial charge in [0.2, 0.25) is 0 Å². The molecule has 0 fully saturated rings. The highest BCUT2D eigenvalue weighted by Crippen LogP contribution is 2.23. The van der Waals surface area contributed by atoms with Crippen molar-refractivity contribution in [1.82, 2.24) is 15.7 Å². The van der Waals surface area contributed by atoms with E-state index >= 15 is 0 Å². The zero-order valence-corrected chi connectivity index (χ0v) is 13.9. The van der Waals surface area contributed by atoms with Crippen LogP contribution in [-0.2, 0) is 4.84 Å². The number of benzene rings is 1. The largest absolute Gasteiger partial charge is 0.394 e. The first-order valence-electron chi connectivity index (χ1n) is 7.18. The van der Waals surface area contributed by atoms with Crippen LogP contribution in [0.15, 0.2) is 24.3 Å². The van der Waals surface area contributed by atoms with E-state index in [9.17, 15) is 9.18 Å². The van der Waals surface area contributed by atoms with E-state index in [0.29, 0.717) is 0 Å². The number of nitrogens with zero attached hydrogens (tertiary/aromatic N) is 2. The second-order valence-corrected chi connectivity index (χ2v) is 5.50. The molecule has 134 valence electrons. The summed E-state index contributed by atoms with van der Waals surface area (Å²) in [5.41, 5.74) is 2.87. The second-order valence-electron chi connectivity index (χ2n) is 5.12. The van der Waals surface area contributed by atoms with Crippen molar-refractivity contribution in [1.29, 1.82) is 0 Å². The van der Waals surface area contributed by atoms with Crippen molar-refractivity contribution in [2.45, 2.75) is 13.0 Å². The van der Waals surface area contributed by atoms with Crippen LogP contribution in [0.4, 0.5) is 15.9 Å². The number of hydrogen-bond donors (Lipinski definition) is 4. The molecule has 4 N–H and O–H groups in total. The third-order valence-electron chi connectivity index (χ3n) is 3.04. The van der Waals surface area contributed by atoms with Gasteiger partial charge in [-0.1, -0.05) is 17.7 Å². The van der Waals surface area contributed by atoms with Gasteiger partial charge >= 0.3 is 0 Å². The van der Waals surface area contributed by atoms with Crippen LogP contribution in [0.5, 0.6) is 0 Å². The zero-order valence-electron chi connectivity index (χ0n) is 13.2. The van der Waals surface area contributed by atoms with Crippen molar-refractivity contribution in [2.75, 3.05) is 18.5 Å². The van der Waals surface area contributed by atoms with Gasteiger partial charge in [0.05, 0.1) is 17.9 Å². The van der Waals surface area contributed by atoms with E-state index in [4.69, 9.17) is 26.7 Å². The Morgan fingerprint density at radius 1 is 1.40 bits per heavy atom. The molecule has 0 saturated heterocycles. The van der Waals surface area contributed by atoms with Crippen LogP contribution < -0.4 is 10.8 Å². The Morgan fingerprint density at radius 2 is 2.16 bits per heavy atom. The fourth-order valence-corrected chi connectivity index (χ4v) is 1.94. The molecule has 1 amide bonds. The van der Waals surface area contributed by atoms with Gasteiger partial charge in [-0.25, -0.2) is 9.87 Å². The lowest BCUT2D eigenvalue weighted by Crippen LogP contribution is -2.30. The third kappa shape index (κ3) is 5.33. The van der Waals surface area contributed by atoms with Crippen LogP contribution in [0.3, 0.4) is 0 Å². The number of carbonyl (C=O) groups excluding carboxylic acids is 1. The topological polar surface area (TPSA) is 117 Å². The van der Waals surface area contributed by atoms with Crippen molar-refractivity contribution in [3.8, 4) is 0 Å². The Kier molecular flexibility index (Phi) is 6.59. The molecule has 1 atom stereocenters. The lowest BCUT2D eigenvalue weighted by molar-refractivity contribution is -0.0295. The molecular weight excluding hydrogens is 355 g/mol. The Balaban J connectivity index is 2.17. The molecule has 8 nitrogen and oxygen atoms in total. The summed E-state index contributed by atoms with van der Waals surface area (Å²) in [6, 6.07) is 5.74. The molecular formula is C15H16ClFN4O4. The molecule has 0 aliphatic heterocycles. The first-order chi connectivity index (χ1) is 11.9. The summed E-state index contributed by atoms with van der Waals surface area (Å²) < 4.78 is 14.0. The predicted octanol–water partition coefficient (Wildman–Crippen LogP) is 1.34. The van der Waals surface area contributed by atoms with E-state index < -0.39 is 24.4 Å². The van der Waals surface area contributed by atoms with Gasteiger partial charge in [-0.3, -0.25) is 9.63 Å². The van der Waals surface area contributed by atoms with Crippen molar-refractivity contribution in [3.63, 3.8) is 0 Å². The molecule has 0 aliphatic rings. The van der Waals surface area contributed by atoms with Gasteiger partial charge in [0.1, 0.15) is 18.5 Å². The van der Waals surface area contributed by atoms with Gasteiger partial charge in [-0.05, 0) is 30.7 Å². The maximum Gasteiger partial charge on any atom is 0.278 e. The Morgan fingerprint density at radius 3 is 2.84 bits per heavy atom. The van der Waals surface area contributed by atoms with E-state index in [0.717, 1.165) is 5.56 Å². The fraction of sp³-hybridized carbons (Fsp3) is 0.267. The van der Waals surface area contributed by atoms with Crippen molar-refractivity contribution >= 4 is 29.0 Å². The molecule has 0 saturated carbocycles. The number of carbonyl (C=O) groups is 1. The molecule has 10 heteroatoms. The molecule has 2 rings (SSSR count). The first-order valence-corrected chi connectivity index (χ1v) is 7.56. The number of amides is 1. The van der Waals surface area contributed by atoms with Crippen LogP contribution in [0.1, 0.15) is 15.9 Å². The number of aliphatic hydroxyl groups excluding tert-OH is 2. The van der Waals surface area contributed by atoms with Gasteiger partial charge in [0.15, 0.2) is 11.0 Å². The van der Waals surface area contributed by atoms with Gasteiger partial charge in [0.25, 0.3) is 5.91 Å². The molecule has 0 spiro atoms. The maximum absolute atomic E-state index is 14.0. The normalized spacial score (nSPS) is 11.9. The van der Waals surface area contributed by atoms with Crippen molar-refractivity contribution in [3.05, 3.63) is 46.4 Å². The number of halogens is 2. The van der Waals surface area contributed by atoms with Gasteiger partial charge in [-0.15, -0.1) is 10.2 Å². The highest BCUT2D eigenvalue weighted by molar-refractivity contribution is 6.29. The molecule has 1 aromatic carbocycles. The number of aliphatic hydroxyl groups is 2. The van der Waals surface area contributed by atoms with E-state index in [1.54, 1.807) is 13.0 Å². The predicted molar refractivity (Wildman–Crippen MR) is 88.0 cm³/mol. The molecule has 1 aromatic heterocycles. The van der Waals surface area contributed by atoms with Crippen LogP contribution in [0.25, 0.3) is 0 Å². The maximum atomic E-state index is 14.0. The molecule has 0 unspecified atom stereocenters. The van der Waals surface area contributed by atoms with Crippen LogP contribution in [0, 0.1) is 12.7 Å². The van der Waals surface area contributed by atoms with Gasteiger partial charge < -0.3 is 15.5 Å². The lowest BCUT2D eigenvalue weighted by Gasteiger charge is -2.12. The SMILES string of the molecule is Cc1ccc(Nc2nnc(Cl)cc2C(=O)NOC[C@H](O)CO)c(F)c1. The van der Waals surface area contributed by atoms with E-state index in [2.05, 4.69) is 21.0 Å². The van der Waals surface area contributed by atoms with Crippen LogP contribution in [0.2, 0.25) is 5.15 Å². The smallest absolute Gasteiger partial charge is 0.278 e. The summed E-state index contributed by atoms with van der Waals surface area (Å²) in [7, 11) is 0. The third-order valence-corrected chi connectivity index (χ3v) is 3.22. The van der Waals surface area contributed by atoms with E-state index in [1.165, 1.54) is 18.2 Å². The van der Waals surface area contributed by atoms with Crippen molar-refractivity contribution in [2.24, 2.45) is 0 Å². The summed E-state index contributed by atoms with van der Waals surface area (Å²) in [5, 5.41) is 27.9. The quantitative estimate of drug-likeness (QED) is 0.543. The minimum Gasteiger partial charge on any atom is -0.394 e.